The summed E-state index contributed by atoms with van der Waals surface area (Å²) in [5, 5.41) is 7.89. The quantitative estimate of drug-likeness (QED) is 0.314. The van der Waals surface area contributed by atoms with Crippen LogP contribution in [0.15, 0.2) is 35.5 Å². The molecule has 0 unspecified atom stereocenters. The van der Waals surface area contributed by atoms with E-state index in [1.54, 1.807) is 18.4 Å². The molecule has 0 spiro atoms. The van der Waals surface area contributed by atoms with Crippen LogP contribution in [0.3, 0.4) is 0 Å². The summed E-state index contributed by atoms with van der Waals surface area (Å²) in [6.07, 6.45) is 5.54. The molecule has 2 N–H and O–H groups in total. The standard InChI is InChI=1S/C21H29N5OS.HI/c1-3-18-14-24-19(28-18)10-11-23-21(22-2)25-13-16-7-4-5-8-17(16)15-26-12-6-9-20(26)27;/h4-5,7-8,14H,3,6,9-13,15H2,1-2H3,(H2,22,23,25);1H. The fraction of sp³-hybridized carbons (Fsp3) is 0.476. The van der Waals surface area contributed by atoms with Crippen molar-refractivity contribution in [3.05, 3.63) is 51.5 Å². The van der Waals surface area contributed by atoms with Crippen LogP contribution in [-0.2, 0) is 30.7 Å². The Morgan fingerprint density at radius 2 is 2.07 bits per heavy atom. The molecule has 2 aromatic rings. The molecule has 0 radical (unpaired) electrons. The van der Waals surface area contributed by atoms with Gasteiger partial charge in [0.05, 0.1) is 5.01 Å². The zero-order chi connectivity index (χ0) is 19.8. The number of amides is 1. The molecule has 1 saturated heterocycles. The highest BCUT2D eigenvalue weighted by Crippen LogP contribution is 2.17. The van der Waals surface area contributed by atoms with Crippen LogP contribution < -0.4 is 10.6 Å². The Morgan fingerprint density at radius 3 is 2.72 bits per heavy atom. The van der Waals surface area contributed by atoms with Crippen LogP contribution in [0, 0.1) is 0 Å². The molecule has 1 amide bonds. The minimum absolute atomic E-state index is 0. The van der Waals surface area contributed by atoms with Crippen LogP contribution in [0.25, 0.3) is 0 Å². The van der Waals surface area contributed by atoms with Gasteiger partial charge in [-0.3, -0.25) is 9.79 Å². The number of nitrogens with zero attached hydrogens (tertiary/aromatic N) is 3. The number of benzene rings is 1. The summed E-state index contributed by atoms with van der Waals surface area (Å²) in [5.74, 6) is 1.04. The van der Waals surface area contributed by atoms with E-state index in [1.165, 1.54) is 16.0 Å². The van der Waals surface area contributed by atoms with Gasteiger partial charge in [0.1, 0.15) is 0 Å². The van der Waals surface area contributed by atoms with Gasteiger partial charge in [0, 0.05) is 57.1 Å². The first-order chi connectivity index (χ1) is 13.7. The second kappa shape index (κ2) is 12.1. The minimum atomic E-state index is 0. The predicted octanol–water partition coefficient (Wildman–Crippen LogP) is 3.35. The maximum Gasteiger partial charge on any atom is 0.222 e. The van der Waals surface area contributed by atoms with E-state index in [2.05, 4.69) is 39.7 Å². The second-order valence-electron chi connectivity index (χ2n) is 6.86. The number of aliphatic imine (C=N–C) groups is 1. The molecule has 0 saturated carbocycles. The van der Waals surface area contributed by atoms with Gasteiger partial charge in [0.25, 0.3) is 0 Å². The SMILES string of the molecule is CCc1cnc(CCNC(=NC)NCc2ccccc2CN2CCCC2=O)s1.I. The predicted molar refractivity (Wildman–Crippen MR) is 130 cm³/mol. The molecule has 0 bridgehead atoms. The first kappa shape index (κ1) is 23.6. The molecule has 1 aromatic carbocycles. The number of halogens is 1. The number of hydrogen-bond acceptors (Lipinski definition) is 4. The molecule has 1 aliphatic rings. The van der Waals surface area contributed by atoms with Crippen LogP contribution in [0.2, 0.25) is 0 Å². The third kappa shape index (κ3) is 6.95. The van der Waals surface area contributed by atoms with Gasteiger partial charge in [0.15, 0.2) is 5.96 Å². The lowest BCUT2D eigenvalue weighted by Crippen LogP contribution is -2.38. The lowest BCUT2D eigenvalue weighted by Gasteiger charge is -2.19. The first-order valence-electron chi connectivity index (χ1n) is 9.92. The Bertz CT molecular complexity index is 823. The number of hydrogen-bond donors (Lipinski definition) is 2. The Hall–Kier alpha value is -1.68. The van der Waals surface area contributed by atoms with Crippen molar-refractivity contribution < 1.29 is 4.79 Å². The number of thiazole rings is 1. The molecule has 0 aliphatic carbocycles. The Balaban J connectivity index is 0.00000300. The van der Waals surface area contributed by atoms with E-state index in [0.717, 1.165) is 43.3 Å². The van der Waals surface area contributed by atoms with Gasteiger partial charge >= 0.3 is 0 Å². The van der Waals surface area contributed by atoms with Gasteiger partial charge < -0.3 is 15.5 Å². The average molecular weight is 527 g/mol. The summed E-state index contributed by atoms with van der Waals surface area (Å²) in [4.78, 5) is 24.0. The van der Waals surface area contributed by atoms with Gasteiger partial charge in [-0.25, -0.2) is 4.98 Å². The Labute approximate surface area is 194 Å². The van der Waals surface area contributed by atoms with Crippen molar-refractivity contribution in [3.8, 4) is 0 Å². The van der Waals surface area contributed by atoms with E-state index >= 15 is 0 Å². The molecule has 1 aliphatic heterocycles. The maximum atomic E-state index is 11.9. The number of carbonyl (C=O) groups excluding carboxylic acids is 1. The fourth-order valence-electron chi connectivity index (χ4n) is 3.28. The zero-order valence-corrected chi connectivity index (χ0v) is 20.3. The number of guanidine groups is 1. The number of aromatic nitrogens is 1. The van der Waals surface area contributed by atoms with Crippen molar-refractivity contribution in [1.29, 1.82) is 0 Å². The fourth-order valence-corrected chi connectivity index (χ4v) is 4.14. The maximum absolute atomic E-state index is 11.9. The van der Waals surface area contributed by atoms with Crippen molar-refractivity contribution in [3.63, 3.8) is 0 Å². The normalized spacial score (nSPS) is 14.1. The molecule has 6 nitrogen and oxygen atoms in total. The summed E-state index contributed by atoms with van der Waals surface area (Å²) in [7, 11) is 1.78. The molecule has 3 rings (SSSR count). The smallest absolute Gasteiger partial charge is 0.222 e. The molecular weight excluding hydrogens is 497 g/mol. The van der Waals surface area contributed by atoms with Gasteiger partial charge in [-0.2, -0.15) is 0 Å². The summed E-state index contributed by atoms with van der Waals surface area (Å²) >= 11 is 1.78. The van der Waals surface area contributed by atoms with Crippen molar-refractivity contribution in [2.45, 2.75) is 45.7 Å². The van der Waals surface area contributed by atoms with Crippen molar-refractivity contribution in [2.24, 2.45) is 4.99 Å². The minimum Gasteiger partial charge on any atom is -0.356 e. The molecule has 8 heteroatoms. The monoisotopic (exact) mass is 527 g/mol. The lowest BCUT2D eigenvalue weighted by molar-refractivity contribution is -0.128. The Morgan fingerprint density at radius 1 is 1.28 bits per heavy atom. The number of aryl methyl sites for hydroxylation is 1. The number of nitrogens with one attached hydrogen (secondary N) is 2. The van der Waals surface area contributed by atoms with Gasteiger partial charge in [-0.05, 0) is 24.0 Å². The summed E-state index contributed by atoms with van der Waals surface area (Å²) in [6, 6.07) is 8.28. The van der Waals surface area contributed by atoms with Crippen molar-refractivity contribution in [2.75, 3.05) is 20.1 Å². The van der Waals surface area contributed by atoms with Crippen LogP contribution in [0.5, 0.6) is 0 Å². The van der Waals surface area contributed by atoms with Crippen molar-refractivity contribution >= 4 is 47.2 Å². The highest BCUT2D eigenvalue weighted by Gasteiger charge is 2.20. The summed E-state index contributed by atoms with van der Waals surface area (Å²) < 4.78 is 0. The van der Waals surface area contributed by atoms with E-state index < -0.39 is 0 Å². The molecular formula is C21H30IN5OS. The van der Waals surface area contributed by atoms with Crippen LogP contribution in [0.4, 0.5) is 0 Å². The molecule has 29 heavy (non-hydrogen) atoms. The average Bonchev–Trinajstić information content (AvgIpc) is 3.34. The molecule has 1 aromatic heterocycles. The van der Waals surface area contributed by atoms with E-state index in [-0.39, 0.29) is 29.9 Å². The Kier molecular flexibility index (Phi) is 9.86. The molecule has 158 valence electrons. The number of rotatable bonds is 8. The third-order valence-corrected chi connectivity index (χ3v) is 6.10. The number of carbonyl (C=O) groups is 1. The van der Waals surface area contributed by atoms with Crippen LogP contribution >= 0.6 is 35.3 Å². The van der Waals surface area contributed by atoms with Gasteiger partial charge in [-0.1, -0.05) is 31.2 Å². The largest absolute Gasteiger partial charge is 0.356 e. The zero-order valence-electron chi connectivity index (χ0n) is 17.1. The third-order valence-electron chi connectivity index (χ3n) is 4.90. The van der Waals surface area contributed by atoms with Gasteiger partial charge in [0.2, 0.25) is 5.91 Å². The number of likely N-dealkylation sites (tertiary alicyclic amines) is 1. The molecule has 0 atom stereocenters. The molecule has 2 heterocycles. The summed E-state index contributed by atoms with van der Waals surface area (Å²) in [6.45, 7) is 5.17. The van der Waals surface area contributed by atoms with E-state index in [1.807, 2.05) is 23.2 Å². The topological polar surface area (TPSA) is 69.6 Å². The van der Waals surface area contributed by atoms with Crippen LogP contribution in [0.1, 0.15) is 40.8 Å². The van der Waals surface area contributed by atoms with E-state index in [0.29, 0.717) is 19.5 Å². The van der Waals surface area contributed by atoms with Gasteiger partial charge in [-0.15, -0.1) is 35.3 Å². The first-order valence-corrected chi connectivity index (χ1v) is 10.7. The highest BCUT2D eigenvalue weighted by atomic mass is 127. The van der Waals surface area contributed by atoms with E-state index in [4.69, 9.17) is 0 Å². The van der Waals surface area contributed by atoms with E-state index in [9.17, 15) is 4.79 Å². The second-order valence-corrected chi connectivity index (χ2v) is 8.06. The van der Waals surface area contributed by atoms with Crippen molar-refractivity contribution in [1.82, 2.24) is 20.5 Å². The highest BCUT2D eigenvalue weighted by molar-refractivity contribution is 14.0. The summed E-state index contributed by atoms with van der Waals surface area (Å²) in [5.41, 5.74) is 2.38. The van der Waals surface area contributed by atoms with Crippen LogP contribution in [-0.4, -0.2) is 41.9 Å². The molecule has 1 fully saturated rings. The lowest BCUT2D eigenvalue weighted by atomic mass is 10.1.